The van der Waals surface area contributed by atoms with Gasteiger partial charge >= 0.3 is 0 Å². The maximum absolute atomic E-state index is 11.8. The Bertz CT molecular complexity index is 450. The molecule has 2 bridgehead atoms. The first kappa shape index (κ1) is 13.8. The Morgan fingerprint density at radius 3 is 2.68 bits per heavy atom. The minimum absolute atomic E-state index is 0.186. The highest BCUT2D eigenvalue weighted by atomic mass is 32.2. The monoisotopic (exact) mass is 287 g/mol. The molecular formula is C14H25NO3S. The molecule has 0 aromatic heterocycles. The Kier molecular flexibility index (Phi) is 3.43. The summed E-state index contributed by atoms with van der Waals surface area (Å²) in [7, 11) is -2.96. The van der Waals surface area contributed by atoms with E-state index in [1.807, 2.05) is 0 Å². The van der Waals surface area contributed by atoms with E-state index in [0.29, 0.717) is 12.3 Å². The van der Waals surface area contributed by atoms with Crippen molar-refractivity contribution in [1.82, 2.24) is 4.90 Å². The quantitative estimate of drug-likeness (QED) is 0.825. The average molecular weight is 287 g/mol. The van der Waals surface area contributed by atoms with E-state index in [2.05, 4.69) is 4.90 Å². The number of nitrogens with zero attached hydrogens (tertiary/aromatic N) is 1. The Morgan fingerprint density at radius 2 is 1.95 bits per heavy atom. The Hall–Kier alpha value is -0.130. The van der Waals surface area contributed by atoms with Crippen molar-refractivity contribution in [2.24, 2.45) is 11.8 Å². The zero-order chi connectivity index (χ0) is 13.7. The average Bonchev–Trinajstić information content (AvgIpc) is 2.79. The van der Waals surface area contributed by atoms with Crippen molar-refractivity contribution < 1.29 is 13.5 Å². The Balaban J connectivity index is 1.77. The lowest BCUT2D eigenvalue weighted by atomic mass is 9.67. The second-order valence-corrected chi connectivity index (χ2v) is 9.17. The van der Waals surface area contributed by atoms with Crippen molar-refractivity contribution in [3.63, 3.8) is 0 Å². The summed E-state index contributed by atoms with van der Waals surface area (Å²) in [6.07, 6.45) is 6.66. The molecule has 1 aliphatic carbocycles. The number of hydrogen-bond donors (Lipinski definition) is 1. The SMILES string of the molecule is CS(=O)(=O)C1CCCC(C2(O)CCN3CCC2C3)C1. The van der Waals surface area contributed by atoms with Gasteiger partial charge in [0.1, 0.15) is 9.84 Å². The lowest BCUT2D eigenvalue weighted by Crippen LogP contribution is -2.53. The Morgan fingerprint density at radius 1 is 1.16 bits per heavy atom. The smallest absolute Gasteiger partial charge is 0.150 e. The van der Waals surface area contributed by atoms with Crippen LogP contribution in [-0.2, 0) is 9.84 Å². The Labute approximate surface area is 116 Å². The van der Waals surface area contributed by atoms with Gasteiger partial charge in [0.25, 0.3) is 0 Å². The molecule has 1 saturated carbocycles. The fourth-order valence-corrected chi connectivity index (χ4v) is 5.69. The van der Waals surface area contributed by atoms with Gasteiger partial charge in [-0.25, -0.2) is 8.42 Å². The topological polar surface area (TPSA) is 57.6 Å². The molecule has 0 radical (unpaired) electrons. The van der Waals surface area contributed by atoms with Gasteiger partial charge in [0.15, 0.2) is 0 Å². The summed E-state index contributed by atoms with van der Waals surface area (Å²) in [4.78, 5) is 2.43. The fourth-order valence-electron chi connectivity index (χ4n) is 4.51. The molecule has 1 N–H and O–H groups in total. The van der Waals surface area contributed by atoms with E-state index < -0.39 is 15.4 Å². The summed E-state index contributed by atoms with van der Waals surface area (Å²) in [5.74, 6) is 0.552. The van der Waals surface area contributed by atoms with Gasteiger partial charge in [-0.1, -0.05) is 6.42 Å². The molecule has 3 aliphatic rings. The number of aliphatic hydroxyl groups is 1. The van der Waals surface area contributed by atoms with Crippen LogP contribution in [0.1, 0.15) is 38.5 Å². The third-order valence-corrected chi connectivity index (χ3v) is 7.39. The summed E-state index contributed by atoms with van der Waals surface area (Å²) in [6, 6.07) is 0. The zero-order valence-electron chi connectivity index (χ0n) is 11.7. The highest BCUT2D eigenvalue weighted by molar-refractivity contribution is 7.91. The van der Waals surface area contributed by atoms with Crippen LogP contribution >= 0.6 is 0 Å². The van der Waals surface area contributed by atoms with E-state index in [4.69, 9.17) is 0 Å². The second-order valence-electron chi connectivity index (χ2n) is 6.84. The minimum atomic E-state index is -2.96. The molecule has 4 nitrogen and oxygen atoms in total. The van der Waals surface area contributed by atoms with Crippen molar-refractivity contribution in [1.29, 1.82) is 0 Å². The molecule has 0 amide bonds. The van der Waals surface area contributed by atoms with E-state index in [9.17, 15) is 13.5 Å². The normalized spacial score (nSPS) is 47.3. The van der Waals surface area contributed by atoms with Crippen LogP contribution in [0.4, 0.5) is 0 Å². The van der Waals surface area contributed by atoms with Gasteiger partial charge in [0, 0.05) is 25.3 Å². The van der Waals surface area contributed by atoms with Crippen molar-refractivity contribution in [3.05, 3.63) is 0 Å². The molecule has 110 valence electrons. The van der Waals surface area contributed by atoms with Gasteiger partial charge < -0.3 is 10.0 Å². The predicted octanol–water partition coefficient (Wildman–Crippen LogP) is 1.05. The fraction of sp³-hybridized carbons (Fsp3) is 1.00. The molecule has 0 aromatic rings. The van der Waals surface area contributed by atoms with Gasteiger partial charge in [-0.05, 0) is 44.6 Å². The molecule has 2 heterocycles. The van der Waals surface area contributed by atoms with Gasteiger partial charge in [-0.3, -0.25) is 0 Å². The summed E-state index contributed by atoms with van der Waals surface area (Å²) in [5.41, 5.74) is -0.601. The van der Waals surface area contributed by atoms with Crippen molar-refractivity contribution >= 4 is 9.84 Å². The third kappa shape index (κ3) is 2.45. The number of rotatable bonds is 2. The van der Waals surface area contributed by atoms with Gasteiger partial charge in [-0.2, -0.15) is 0 Å². The second kappa shape index (κ2) is 4.71. The van der Waals surface area contributed by atoms with Crippen LogP contribution in [0.25, 0.3) is 0 Å². The predicted molar refractivity (Wildman–Crippen MR) is 74.7 cm³/mol. The molecular weight excluding hydrogens is 262 g/mol. The van der Waals surface area contributed by atoms with E-state index in [0.717, 1.165) is 51.7 Å². The van der Waals surface area contributed by atoms with Crippen LogP contribution in [0.2, 0.25) is 0 Å². The summed E-state index contributed by atoms with van der Waals surface area (Å²) in [5, 5.41) is 10.9. The van der Waals surface area contributed by atoms with Crippen LogP contribution in [0.15, 0.2) is 0 Å². The van der Waals surface area contributed by atoms with Crippen LogP contribution in [0, 0.1) is 11.8 Å². The van der Waals surface area contributed by atoms with Crippen LogP contribution < -0.4 is 0 Å². The molecule has 0 aromatic carbocycles. The molecule has 19 heavy (non-hydrogen) atoms. The van der Waals surface area contributed by atoms with E-state index in [-0.39, 0.29) is 11.2 Å². The molecule has 5 heteroatoms. The summed E-state index contributed by atoms with van der Waals surface area (Å²) < 4.78 is 23.6. The van der Waals surface area contributed by atoms with Crippen molar-refractivity contribution in [2.75, 3.05) is 25.9 Å². The molecule has 3 rings (SSSR count). The first-order valence-corrected chi connectivity index (χ1v) is 9.48. The number of piperidine rings is 1. The van der Waals surface area contributed by atoms with Gasteiger partial charge in [-0.15, -0.1) is 0 Å². The largest absolute Gasteiger partial charge is 0.389 e. The van der Waals surface area contributed by atoms with Crippen LogP contribution in [0.3, 0.4) is 0 Å². The maximum atomic E-state index is 11.8. The molecule has 2 saturated heterocycles. The zero-order valence-corrected chi connectivity index (χ0v) is 12.5. The highest BCUT2D eigenvalue weighted by Crippen LogP contribution is 2.46. The van der Waals surface area contributed by atoms with Gasteiger partial charge in [0.2, 0.25) is 0 Å². The summed E-state index contributed by atoms with van der Waals surface area (Å²) in [6.45, 7) is 3.10. The van der Waals surface area contributed by atoms with Crippen LogP contribution in [0.5, 0.6) is 0 Å². The molecule has 5 unspecified atom stereocenters. The van der Waals surface area contributed by atoms with Gasteiger partial charge in [0.05, 0.1) is 10.9 Å². The molecule has 0 spiro atoms. The number of sulfone groups is 1. The maximum Gasteiger partial charge on any atom is 0.150 e. The third-order valence-electron chi connectivity index (χ3n) is 5.75. The molecule has 2 aliphatic heterocycles. The van der Waals surface area contributed by atoms with E-state index >= 15 is 0 Å². The lowest BCUT2D eigenvalue weighted by Gasteiger charge is -2.46. The standard InChI is InChI=1S/C14H25NO3S/c1-19(17,18)13-4-2-3-11(9-13)14(16)6-8-15-7-5-12(14)10-15/h11-13,16H,2-10H2,1H3. The molecule has 3 fully saturated rings. The number of fused-ring (bicyclic) bond motifs is 2. The first-order valence-electron chi connectivity index (χ1n) is 7.53. The van der Waals surface area contributed by atoms with E-state index in [1.165, 1.54) is 6.26 Å². The number of hydrogen-bond acceptors (Lipinski definition) is 4. The van der Waals surface area contributed by atoms with E-state index in [1.54, 1.807) is 0 Å². The van der Waals surface area contributed by atoms with Crippen molar-refractivity contribution in [2.45, 2.75) is 49.4 Å². The summed E-state index contributed by atoms with van der Waals surface area (Å²) >= 11 is 0. The highest BCUT2D eigenvalue weighted by Gasteiger charge is 2.50. The molecule has 5 atom stereocenters. The van der Waals surface area contributed by atoms with Crippen molar-refractivity contribution in [3.8, 4) is 0 Å². The van der Waals surface area contributed by atoms with Crippen LogP contribution in [-0.4, -0.2) is 55.2 Å². The lowest BCUT2D eigenvalue weighted by molar-refractivity contribution is -0.0998. The first-order chi connectivity index (χ1) is 8.89. The minimum Gasteiger partial charge on any atom is -0.389 e.